The lowest BCUT2D eigenvalue weighted by Gasteiger charge is -2.12. The molecule has 130 valence electrons. The minimum atomic E-state index is -0.526. The number of amides is 3. The summed E-state index contributed by atoms with van der Waals surface area (Å²) < 4.78 is 11.4. The van der Waals surface area contributed by atoms with E-state index in [1.807, 2.05) is 30.5 Å². The van der Waals surface area contributed by atoms with E-state index < -0.39 is 6.03 Å². The molecule has 0 atom stereocenters. The molecule has 1 saturated heterocycles. The highest BCUT2D eigenvalue weighted by Crippen LogP contribution is 2.29. The van der Waals surface area contributed by atoms with Crippen LogP contribution in [0.4, 0.5) is 4.79 Å². The van der Waals surface area contributed by atoms with Gasteiger partial charge in [0.1, 0.15) is 13.2 Å². The van der Waals surface area contributed by atoms with Crippen molar-refractivity contribution in [3.63, 3.8) is 0 Å². The largest absolute Gasteiger partial charge is 0.490 e. The summed E-state index contributed by atoms with van der Waals surface area (Å²) in [6, 6.07) is 8.86. The number of benzene rings is 1. The highest BCUT2D eigenvalue weighted by Gasteiger charge is 2.25. The van der Waals surface area contributed by atoms with Gasteiger partial charge in [0.25, 0.3) is 0 Å². The summed E-state index contributed by atoms with van der Waals surface area (Å²) in [6.45, 7) is 2.79. The molecule has 0 saturated carbocycles. The van der Waals surface area contributed by atoms with E-state index >= 15 is 0 Å². The Morgan fingerprint density at radius 2 is 2.16 bits per heavy atom. The average molecular weight is 359 g/mol. The Hall–Kier alpha value is -2.87. The first-order chi connectivity index (χ1) is 12.2. The molecular formula is C17H17N3O4S. The number of hydrogen-bond donors (Lipinski definition) is 1. The topological polar surface area (TPSA) is 80.2 Å². The first-order valence-electron chi connectivity index (χ1n) is 7.73. The Morgan fingerprint density at radius 3 is 2.84 bits per heavy atom. The fraction of sp³-hybridized carbons (Fsp3) is 0.235. The Bertz CT molecular complexity index is 789. The lowest BCUT2D eigenvalue weighted by atomic mass is 10.2. The Kier molecular flexibility index (Phi) is 5.30. The van der Waals surface area contributed by atoms with Crippen LogP contribution in [0.3, 0.4) is 0 Å². The lowest BCUT2D eigenvalue weighted by Crippen LogP contribution is -2.24. The summed E-state index contributed by atoms with van der Waals surface area (Å²) in [4.78, 5) is 23.7. The normalized spacial score (nSPS) is 14.2. The second-order valence-corrected chi connectivity index (χ2v) is 6.20. The molecule has 3 amide bonds. The number of carbonyl (C=O) groups is 2. The highest BCUT2D eigenvalue weighted by atomic mass is 32.1. The maximum Gasteiger partial charge on any atom is 0.344 e. The van der Waals surface area contributed by atoms with Crippen LogP contribution in [0.25, 0.3) is 0 Å². The number of urea groups is 1. The number of imide groups is 1. The van der Waals surface area contributed by atoms with Crippen LogP contribution in [0, 0.1) is 0 Å². The Balaban J connectivity index is 1.71. The third-order valence-electron chi connectivity index (χ3n) is 3.34. The van der Waals surface area contributed by atoms with Gasteiger partial charge in [0.2, 0.25) is 5.91 Å². The van der Waals surface area contributed by atoms with E-state index in [9.17, 15) is 9.59 Å². The quantitative estimate of drug-likeness (QED) is 0.609. The van der Waals surface area contributed by atoms with Crippen LogP contribution in [0.2, 0.25) is 0 Å². The van der Waals surface area contributed by atoms with Gasteiger partial charge in [0, 0.05) is 4.88 Å². The third kappa shape index (κ3) is 4.36. The fourth-order valence-electron chi connectivity index (χ4n) is 2.20. The number of nitrogens with one attached hydrogen (secondary N) is 1. The molecule has 8 heteroatoms. The van der Waals surface area contributed by atoms with Crippen LogP contribution in [0.1, 0.15) is 17.4 Å². The maximum atomic E-state index is 11.5. The molecule has 0 spiro atoms. The van der Waals surface area contributed by atoms with Crippen molar-refractivity contribution in [2.45, 2.75) is 13.5 Å². The molecule has 0 bridgehead atoms. The Morgan fingerprint density at radius 1 is 1.28 bits per heavy atom. The van der Waals surface area contributed by atoms with Gasteiger partial charge in [-0.3, -0.25) is 10.1 Å². The van der Waals surface area contributed by atoms with Crippen molar-refractivity contribution in [3.8, 4) is 11.5 Å². The van der Waals surface area contributed by atoms with Crippen LogP contribution in [0.5, 0.6) is 11.5 Å². The van der Waals surface area contributed by atoms with Crippen molar-refractivity contribution < 1.29 is 19.1 Å². The fourth-order valence-corrected chi connectivity index (χ4v) is 2.81. The number of rotatable bonds is 7. The van der Waals surface area contributed by atoms with E-state index in [-0.39, 0.29) is 12.5 Å². The zero-order valence-electron chi connectivity index (χ0n) is 13.6. The molecule has 2 heterocycles. The van der Waals surface area contributed by atoms with Crippen molar-refractivity contribution in [2.75, 3.05) is 13.2 Å². The van der Waals surface area contributed by atoms with E-state index in [4.69, 9.17) is 9.47 Å². The first-order valence-corrected chi connectivity index (χ1v) is 8.61. The van der Waals surface area contributed by atoms with Crippen LogP contribution < -0.4 is 14.8 Å². The van der Waals surface area contributed by atoms with Gasteiger partial charge in [-0.2, -0.15) is 5.10 Å². The van der Waals surface area contributed by atoms with Gasteiger partial charge in [-0.05, 0) is 42.1 Å². The zero-order valence-corrected chi connectivity index (χ0v) is 14.4. The Labute approximate surface area is 148 Å². The standard InChI is InChI=1S/C17H17N3O4S/c1-2-23-15-8-12(9-18-20-10-16(21)19-17(20)22)5-6-14(15)24-11-13-4-3-7-25-13/h3-9H,2,10-11H2,1H3,(H,19,21,22)/b18-9-. The van der Waals surface area contributed by atoms with Crippen molar-refractivity contribution >= 4 is 29.5 Å². The number of hydrazone groups is 1. The van der Waals surface area contributed by atoms with Gasteiger partial charge in [-0.1, -0.05) is 6.07 Å². The van der Waals surface area contributed by atoms with E-state index in [1.54, 1.807) is 23.5 Å². The van der Waals surface area contributed by atoms with Crippen molar-refractivity contribution in [1.29, 1.82) is 0 Å². The van der Waals surface area contributed by atoms with E-state index in [2.05, 4.69) is 10.4 Å². The molecule has 1 aromatic carbocycles. The molecule has 0 unspecified atom stereocenters. The minimum absolute atomic E-state index is 0.0738. The van der Waals surface area contributed by atoms with Crippen LogP contribution in [-0.4, -0.2) is 36.3 Å². The lowest BCUT2D eigenvalue weighted by molar-refractivity contribution is -0.118. The molecule has 1 aliphatic rings. The predicted octanol–water partition coefficient (Wildman–Crippen LogP) is 2.61. The average Bonchev–Trinajstić information content (AvgIpc) is 3.22. The number of carbonyl (C=O) groups excluding carboxylic acids is 2. The maximum absolute atomic E-state index is 11.5. The van der Waals surface area contributed by atoms with Crippen LogP contribution in [0.15, 0.2) is 40.8 Å². The van der Waals surface area contributed by atoms with Gasteiger partial charge < -0.3 is 9.47 Å². The summed E-state index contributed by atoms with van der Waals surface area (Å²) in [7, 11) is 0. The molecule has 7 nitrogen and oxygen atoms in total. The van der Waals surface area contributed by atoms with Crippen LogP contribution in [-0.2, 0) is 11.4 Å². The SMILES string of the molecule is CCOc1cc(/C=N\N2CC(=O)NC2=O)ccc1OCc1cccs1. The van der Waals surface area contributed by atoms with E-state index in [1.165, 1.54) is 6.21 Å². The summed E-state index contributed by atoms with van der Waals surface area (Å²) >= 11 is 1.63. The molecule has 1 fully saturated rings. The van der Waals surface area contributed by atoms with Crippen molar-refractivity contribution in [2.24, 2.45) is 5.10 Å². The molecular weight excluding hydrogens is 342 g/mol. The van der Waals surface area contributed by atoms with Crippen molar-refractivity contribution in [3.05, 3.63) is 46.2 Å². The second-order valence-electron chi connectivity index (χ2n) is 5.16. The molecule has 0 radical (unpaired) electrons. The molecule has 1 aromatic heterocycles. The first kappa shape index (κ1) is 17.0. The molecule has 1 aliphatic heterocycles. The summed E-state index contributed by atoms with van der Waals surface area (Å²) in [6.07, 6.45) is 1.50. The summed E-state index contributed by atoms with van der Waals surface area (Å²) in [5, 5.41) is 9.26. The predicted molar refractivity (Wildman–Crippen MR) is 94.1 cm³/mol. The minimum Gasteiger partial charge on any atom is -0.490 e. The van der Waals surface area contributed by atoms with E-state index in [0.717, 1.165) is 15.4 Å². The number of hydrogen-bond acceptors (Lipinski definition) is 6. The highest BCUT2D eigenvalue weighted by molar-refractivity contribution is 7.09. The summed E-state index contributed by atoms with van der Waals surface area (Å²) in [5.41, 5.74) is 0.735. The van der Waals surface area contributed by atoms with Crippen molar-refractivity contribution in [1.82, 2.24) is 10.3 Å². The number of thiophene rings is 1. The summed E-state index contributed by atoms with van der Waals surface area (Å²) in [5.74, 6) is 0.876. The zero-order chi connectivity index (χ0) is 17.6. The van der Waals surface area contributed by atoms with Gasteiger partial charge in [-0.25, -0.2) is 9.80 Å². The smallest absolute Gasteiger partial charge is 0.344 e. The molecule has 2 aromatic rings. The number of ether oxygens (including phenoxy) is 2. The van der Waals surface area contributed by atoms with Gasteiger partial charge in [-0.15, -0.1) is 11.3 Å². The molecule has 25 heavy (non-hydrogen) atoms. The van der Waals surface area contributed by atoms with Crippen LogP contribution >= 0.6 is 11.3 Å². The van der Waals surface area contributed by atoms with Gasteiger partial charge in [0.15, 0.2) is 11.5 Å². The molecule has 3 rings (SSSR count). The van der Waals surface area contributed by atoms with Gasteiger partial charge in [0.05, 0.1) is 12.8 Å². The third-order valence-corrected chi connectivity index (χ3v) is 4.19. The second kappa shape index (κ2) is 7.80. The monoisotopic (exact) mass is 359 g/mol. The number of nitrogens with zero attached hydrogens (tertiary/aromatic N) is 2. The molecule has 1 N–H and O–H groups in total. The molecule has 0 aliphatic carbocycles. The van der Waals surface area contributed by atoms with Gasteiger partial charge >= 0.3 is 6.03 Å². The van der Waals surface area contributed by atoms with E-state index in [0.29, 0.717) is 24.7 Å².